The topological polar surface area (TPSA) is 77.8 Å². The van der Waals surface area contributed by atoms with Crippen molar-refractivity contribution in [2.24, 2.45) is 0 Å². The fraction of sp³-hybridized carbons (Fsp3) is 0.444. The molecular weight excluding hydrogens is 172 g/mol. The summed E-state index contributed by atoms with van der Waals surface area (Å²) in [4.78, 5) is 10.5. The minimum atomic E-state index is -1.31. The van der Waals surface area contributed by atoms with E-state index in [2.05, 4.69) is 0 Å². The molecule has 1 aliphatic carbocycles. The number of hydrogen-bond donors (Lipinski definition) is 3. The normalized spacial score (nSPS) is 27.9. The molecule has 0 radical (unpaired) electrons. The van der Waals surface area contributed by atoms with E-state index in [0.29, 0.717) is 12.0 Å². The number of aliphatic carboxylic acids is 1. The van der Waals surface area contributed by atoms with Crippen molar-refractivity contribution in [2.45, 2.75) is 25.6 Å². The van der Waals surface area contributed by atoms with Gasteiger partial charge in [-0.1, -0.05) is 13.0 Å². The van der Waals surface area contributed by atoms with Crippen molar-refractivity contribution in [3.63, 3.8) is 0 Å². The van der Waals surface area contributed by atoms with Crippen LogP contribution in [0.4, 0.5) is 0 Å². The van der Waals surface area contributed by atoms with Gasteiger partial charge < -0.3 is 15.3 Å². The Morgan fingerprint density at radius 2 is 2.00 bits per heavy atom. The van der Waals surface area contributed by atoms with Crippen LogP contribution < -0.4 is 0 Å². The third-order valence-corrected chi connectivity index (χ3v) is 2.13. The molecule has 1 rings (SSSR count). The molecule has 4 nitrogen and oxygen atoms in total. The van der Waals surface area contributed by atoms with E-state index in [1.54, 1.807) is 6.08 Å². The van der Waals surface area contributed by atoms with E-state index in [4.69, 9.17) is 5.11 Å². The van der Waals surface area contributed by atoms with Crippen molar-refractivity contribution in [3.8, 4) is 0 Å². The molecule has 72 valence electrons. The number of allylic oxidation sites excluding steroid dienone is 2. The van der Waals surface area contributed by atoms with Crippen LogP contribution in [0.1, 0.15) is 13.3 Å². The Labute approximate surface area is 75.8 Å². The molecule has 1 aliphatic rings. The van der Waals surface area contributed by atoms with Gasteiger partial charge in [-0.25, -0.2) is 4.79 Å². The summed E-state index contributed by atoms with van der Waals surface area (Å²) in [5.74, 6) is -1.20. The predicted molar refractivity (Wildman–Crippen MR) is 46.1 cm³/mol. The summed E-state index contributed by atoms with van der Waals surface area (Å²) in [5.41, 5.74) is 0.488. The van der Waals surface area contributed by atoms with Crippen LogP contribution in [0.5, 0.6) is 0 Å². The highest BCUT2D eigenvalue weighted by atomic mass is 16.4. The van der Waals surface area contributed by atoms with Gasteiger partial charge in [-0.3, -0.25) is 0 Å². The van der Waals surface area contributed by atoms with Crippen LogP contribution in [0, 0.1) is 0 Å². The van der Waals surface area contributed by atoms with E-state index < -0.39 is 18.2 Å². The Hall–Kier alpha value is -1.13. The summed E-state index contributed by atoms with van der Waals surface area (Å²) in [6.07, 6.45) is 1.08. The lowest BCUT2D eigenvalue weighted by Gasteiger charge is -2.23. The number of carboxylic acids is 1. The SMILES string of the molecule is CCC1=CC=C(C(=O)O)[C@H](O)[C@H]1O. The third kappa shape index (κ3) is 1.79. The van der Waals surface area contributed by atoms with Gasteiger partial charge in [0.2, 0.25) is 0 Å². The molecule has 0 aromatic carbocycles. The first kappa shape index (κ1) is 9.95. The van der Waals surface area contributed by atoms with Gasteiger partial charge in [0.15, 0.2) is 0 Å². The Morgan fingerprint density at radius 3 is 2.46 bits per heavy atom. The number of hydrogen-bond acceptors (Lipinski definition) is 3. The van der Waals surface area contributed by atoms with Crippen molar-refractivity contribution in [3.05, 3.63) is 23.3 Å². The Balaban J connectivity index is 2.97. The minimum Gasteiger partial charge on any atom is -0.478 e. The lowest BCUT2D eigenvalue weighted by Crippen LogP contribution is -2.34. The molecule has 0 amide bonds. The van der Waals surface area contributed by atoms with Crippen molar-refractivity contribution >= 4 is 5.97 Å². The summed E-state index contributed by atoms with van der Waals surface area (Å²) in [6.45, 7) is 1.83. The fourth-order valence-electron chi connectivity index (χ4n) is 1.29. The lowest BCUT2D eigenvalue weighted by atomic mass is 9.91. The van der Waals surface area contributed by atoms with E-state index in [-0.39, 0.29) is 5.57 Å². The number of rotatable bonds is 2. The van der Waals surface area contributed by atoms with Crippen molar-refractivity contribution in [1.82, 2.24) is 0 Å². The highest BCUT2D eigenvalue weighted by Crippen LogP contribution is 2.21. The van der Waals surface area contributed by atoms with Crippen LogP contribution in [-0.4, -0.2) is 33.5 Å². The quantitative estimate of drug-likeness (QED) is 0.567. The summed E-state index contributed by atoms with van der Waals surface area (Å²) in [7, 11) is 0. The molecule has 2 atom stereocenters. The third-order valence-electron chi connectivity index (χ3n) is 2.13. The van der Waals surface area contributed by atoms with Crippen LogP contribution in [0.25, 0.3) is 0 Å². The van der Waals surface area contributed by atoms with E-state index in [1.165, 1.54) is 6.08 Å². The monoisotopic (exact) mass is 184 g/mol. The summed E-state index contributed by atoms with van der Waals surface area (Å²) in [6, 6.07) is 0. The molecule has 0 saturated heterocycles. The van der Waals surface area contributed by atoms with Gasteiger partial charge >= 0.3 is 5.97 Å². The average Bonchev–Trinajstić information content (AvgIpc) is 2.09. The van der Waals surface area contributed by atoms with Crippen molar-refractivity contribution < 1.29 is 20.1 Å². The highest BCUT2D eigenvalue weighted by molar-refractivity contribution is 5.88. The van der Waals surface area contributed by atoms with Gasteiger partial charge in [0, 0.05) is 0 Å². The zero-order chi connectivity index (χ0) is 10.0. The van der Waals surface area contributed by atoms with Crippen LogP contribution in [-0.2, 0) is 4.79 Å². The highest BCUT2D eigenvalue weighted by Gasteiger charge is 2.29. The van der Waals surface area contributed by atoms with E-state index in [1.807, 2.05) is 6.92 Å². The number of carboxylic acid groups (broad SMARTS) is 1. The summed E-state index contributed by atoms with van der Waals surface area (Å²) < 4.78 is 0. The number of aliphatic hydroxyl groups is 2. The molecule has 3 N–H and O–H groups in total. The molecule has 4 heteroatoms. The van der Waals surface area contributed by atoms with Gasteiger partial charge in [0.05, 0.1) is 5.57 Å². The molecule has 0 aromatic heterocycles. The van der Waals surface area contributed by atoms with Gasteiger partial charge in [-0.2, -0.15) is 0 Å². The Bertz CT molecular complexity index is 277. The van der Waals surface area contributed by atoms with Crippen LogP contribution in [0.3, 0.4) is 0 Å². The van der Waals surface area contributed by atoms with E-state index >= 15 is 0 Å². The first-order valence-electron chi connectivity index (χ1n) is 4.08. The predicted octanol–water partition coefficient (Wildman–Crippen LogP) is 0.0692. The average molecular weight is 184 g/mol. The first-order chi connectivity index (χ1) is 6.07. The lowest BCUT2D eigenvalue weighted by molar-refractivity contribution is -0.134. The maximum absolute atomic E-state index is 10.5. The second-order valence-corrected chi connectivity index (χ2v) is 2.91. The maximum atomic E-state index is 10.5. The second-order valence-electron chi connectivity index (χ2n) is 2.91. The van der Waals surface area contributed by atoms with Gasteiger partial charge in [0.1, 0.15) is 12.2 Å². The van der Waals surface area contributed by atoms with Crippen molar-refractivity contribution in [2.75, 3.05) is 0 Å². The molecule has 0 fully saturated rings. The number of carbonyl (C=O) groups is 1. The fourth-order valence-corrected chi connectivity index (χ4v) is 1.29. The summed E-state index contributed by atoms with van der Waals surface area (Å²) >= 11 is 0. The van der Waals surface area contributed by atoms with Crippen molar-refractivity contribution in [1.29, 1.82) is 0 Å². The van der Waals surface area contributed by atoms with Crippen LogP contribution in [0.2, 0.25) is 0 Å². The maximum Gasteiger partial charge on any atom is 0.334 e. The number of aliphatic hydroxyl groups excluding tert-OH is 2. The zero-order valence-electron chi connectivity index (χ0n) is 7.27. The first-order valence-corrected chi connectivity index (χ1v) is 4.08. The van der Waals surface area contributed by atoms with E-state index in [0.717, 1.165) is 0 Å². The molecular formula is C9H12O4. The van der Waals surface area contributed by atoms with Gasteiger partial charge in [0.25, 0.3) is 0 Å². The van der Waals surface area contributed by atoms with E-state index in [9.17, 15) is 15.0 Å². The zero-order valence-corrected chi connectivity index (χ0v) is 7.27. The molecule has 0 bridgehead atoms. The standard InChI is InChI=1S/C9H12O4/c1-2-5-3-4-6(9(12)13)8(11)7(5)10/h3-4,7-8,10-11H,2H2,1H3,(H,12,13)/t7-,8-/m0/s1. The molecule has 0 aliphatic heterocycles. The molecule has 0 unspecified atom stereocenters. The van der Waals surface area contributed by atoms with Gasteiger partial charge in [-0.05, 0) is 18.1 Å². The van der Waals surface area contributed by atoms with Crippen LogP contribution in [0.15, 0.2) is 23.3 Å². The largest absolute Gasteiger partial charge is 0.478 e. The summed E-state index contributed by atoms with van der Waals surface area (Å²) in [5, 5.41) is 27.4. The Morgan fingerprint density at radius 1 is 1.38 bits per heavy atom. The molecule has 0 saturated carbocycles. The Kier molecular flexibility index (Phi) is 2.85. The minimum absolute atomic E-state index is 0.162. The molecule has 0 aromatic rings. The van der Waals surface area contributed by atoms with Crippen LogP contribution >= 0.6 is 0 Å². The second kappa shape index (κ2) is 3.72. The molecule has 0 spiro atoms. The smallest absolute Gasteiger partial charge is 0.334 e. The molecule has 13 heavy (non-hydrogen) atoms. The van der Waals surface area contributed by atoms with Gasteiger partial charge in [-0.15, -0.1) is 0 Å². The molecule has 0 heterocycles.